The number of nitrogens with zero attached hydrogens (tertiary/aromatic N) is 2. The van der Waals surface area contributed by atoms with Crippen molar-refractivity contribution in [2.75, 3.05) is 13.6 Å². The number of carboxylic acid groups (broad SMARTS) is 1. The van der Waals surface area contributed by atoms with Gasteiger partial charge in [0.2, 0.25) is 0 Å². The SMILES string of the molecule is Cc1cncc(-c2cccc(CN(C)CC(=O)O)c2)c1. The lowest BCUT2D eigenvalue weighted by Gasteiger charge is -2.14. The van der Waals surface area contributed by atoms with Gasteiger partial charge in [0.25, 0.3) is 0 Å². The van der Waals surface area contributed by atoms with E-state index in [0.717, 1.165) is 22.3 Å². The molecule has 4 heteroatoms. The van der Waals surface area contributed by atoms with Gasteiger partial charge in [0.1, 0.15) is 0 Å². The van der Waals surface area contributed by atoms with E-state index in [0.29, 0.717) is 6.54 Å². The number of hydrogen-bond acceptors (Lipinski definition) is 3. The van der Waals surface area contributed by atoms with E-state index >= 15 is 0 Å². The standard InChI is InChI=1S/C16H18N2O2/c1-12-6-15(9-17-8-12)14-5-3-4-13(7-14)10-18(2)11-16(19)20/h3-9H,10-11H2,1-2H3,(H,19,20). The highest BCUT2D eigenvalue weighted by molar-refractivity contribution is 5.69. The predicted octanol–water partition coefficient (Wildman–Crippen LogP) is 2.57. The van der Waals surface area contributed by atoms with E-state index in [9.17, 15) is 4.79 Å². The second-order valence-corrected chi connectivity index (χ2v) is 5.02. The molecule has 2 aromatic rings. The van der Waals surface area contributed by atoms with E-state index in [2.05, 4.69) is 17.1 Å². The third-order valence-corrected chi connectivity index (χ3v) is 2.99. The second kappa shape index (κ2) is 6.30. The summed E-state index contributed by atoms with van der Waals surface area (Å²) < 4.78 is 0. The number of rotatable bonds is 5. The fourth-order valence-corrected chi connectivity index (χ4v) is 2.16. The lowest BCUT2D eigenvalue weighted by Crippen LogP contribution is -2.25. The number of aliphatic carboxylic acids is 1. The van der Waals surface area contributed by atoms with Crippen LogP contribution in [0, 0.1) is 6.92 Å². The van der Waals surface area contributed by atoms with Crippen LogP contribution in [0.25, 0.3) is 11.1 Å². The van der Waals surface area contributed by atoms with Crippen molar-refractivity contribution in [3.63, 3.8) is 0 Å². The fraction of sp³-hybridized carbons (Fsp3) is 0.250. The van der Waals surface area contributed by atoms with Gasteiger partial charge in [-0.1, -0.05) is 18.2 Å². The maximum atomic E-state index is 10.7. The van der Waals surface area contributed by atoms with Crippen LogP contribution in [0.3, 0.4) is 0 Å². The van der Waals surface area contributed by atoms with Crippen LogP contribution in [0.5, 0.6) is 0 Å². The molecule has 0 fully saturated rings. The highest BCUT2D eigenvalue weighted by Crippen LogP contribution is 2.21. The molecule has 0 saturated carbocycles. The number of pyridine rings is 1. The molecule has 2 rings (SSSR count). The molecule has 0 saturated heterocycles. The summed E-state index contributed by atoms with van der Waals surface area (Å²) in [7, 11) is 1.80. The molecule has 0 aliphatic carbocycles. The van der Waals surface area contributed by atoms with Gasteiger partial charge in [0.05, 0.1) is 6.54 Å². The molecule has 1 aromatic carbocycles. The number of benzene rings is 1. The zero-order chi connectivity index (χ0) is 14.5. The van der Waals surface area contributed by atoms with Crippen LogP contribution < -0.4 is 0 Å². The average Bonchev–Trinajstić information content (AvgIpc) is 2.38. The Labute approximate surface area is 118 Å². The van der Waals surface area contributed by atoms with Crippen molar-refractivity contribution in [2.45, 2.75) is 13.5 Å². The molecule has 0 unspecified atom stereocenters. The van der Waals surface area contributed by atoms with Crippen LogP contribution in [0.15, 0.2) is 42.7 Å². The normalized spacial score (nSPS) is 10.8. The summed E-state index contributed by atoms with van der Waals surface area (Å²) >= 11 is 0. The Morgan fingerprint density at radius 1 is 1.25 bits per heavy atom. The summed E-state index contributed by atoms with van der Waals surface area (Å²) in [5, 5.41) is 8.78. The first-order valence-corrected chi connectivity index (χ1v) is 6.46. The molecule has 0 radical (unpaired) electrons. The minimum Gasteiger partial charge on any atom is -0.480 e. The predicted molar refractivity (Wildman–Crippen MR) is 78.4 cm³/mol. The zero-order valence-electron chi connectivity index (χ0n) is 11.7. The fourth-order valence-electron chi connectivity index (χ4n) is 2.16. The Morgan fingerprint density at radius 2 is 2.05 bits per heavy atom. The molecule has 0 amide bonds. The summed E-state index contributed by atoms with van der Waals surface area (Å²) in [5.74, 6) is -0.813. The van der Waals surface area contributed by atoms with Crippen molar-refractivity contribution >= 4 is 5.97 Å². The quantitative estimate of drug-likeness (QED) is 0.907. The molecular weight excluding hydrogens is 252 g/mol. The maximum Gasteiger partial charge on any atom is 0.317 e. The van der Waals surface area contributed by atoms with Crippen molar-refractivity contribution in [3.05, 3.63) is 53.9 Å². The molecule has 0 atom stereocenters. The van der Waals surface area contributed by atoms with Crippen LogP contribution in [0.4, 0.5) is 0 Å². The number of aryl methyl sites for hydroxylation is 1. The van der Waals surface area contributed by atoms with E-state index in [1.165, 1.54) is 0 Å². The maximum absolute atomic E-state index is 10.7. The zero-order valence-corrected chi connectivity index (χ0v) is 11.7. The van der Waals surface area contributed by atoms with E-state index in [1.807, 2.05) is 37.5 Å². The van der Waals surface area contributed by atoms with Gasteiger partial charge in [0.15, 0.2) is 0 Å². The molecule has 1 heterocycles. The first-order valence-electron chi connectivity index (χ1n) is 6.46. The molecule has 104 valence electrons. The number of carbonyl (C=O) groups is 1. The van der Waals surface area contributed by atoms with Crippen LogP contribution in [0.1, 0.15) is 11.1 Å². The molecule has 0 spiro atoms. The van der Waals surface area contributed by atoms with Crippen LogP contribution in [-0.4, -0.2) is 34.6 Å². The average molecular weight is 270 g/mol. The van der Waals surface area contributed by atoms with E-state index < -0.39 is 5.97 Å². The third kappa shape index (κ3) is 3.90. The smallest absolute Gasteiger partial charge is 0.317 e. The lowest BCUT2D eigenvalue weighted by atomic mass is 10.0. The summed E-state index contributed by atoms with van der Waals surface area (Å²) in [6, 6.07) is 10.2. The summed E-state index contributed by atoms with van der Waals surface area (Å²) in [6.45, 7) is 2.66. The van der Waals surface area contributed by atoms with Gasteiger partial charge in [-0.15, -0.1) is 0 Å². The van der Waals surface area contributed by atoms with Crippen molar-refractivity contribution in [2.24, 2.45) is 0 Å². The van der Waals surface area contributed by atoms with E-state index in [4.69, 9.17) is 5.11 Å². The van der Waals surface area contributed by atoms with E-state index in [-0.39, 0.29) is 6.54 Å². The van der Waals surface area contributed by atoms with Gasteiger partial charge in [-0.3, -0.25) is 14.7 Å². The molecule has 0 bridgehead atoms. The molecule has 4 nitrogen and oxygen atoms in total. The van der Waals surface area contributed by atoms with Crippen LogP contribution in [0.2, 0.25) is 0 Å². The minimum atomic E-state index is -0.813. The Kier molecular flexibility index (Phi) is 4.48. The van der Waals surface area contributed by atoms with Gasteiger partial charge in [-0.2, -0.15) is 0 Å². The third-order valence-electron chi connectivity index (χ3n) is 2.99. The highest BCUT2D eigenvalue weighted by atomic mass is 16.4. The Hall–Kier alpha value is -2.20. The van der Waals surface area contributed by atoms with Crippen molar-refractivity contribution in [1.82, 2.24) is 9.88 Å². The molecular formula is C16H18N2O2. The van der Waals surface area contributed by atoms with Gasteiger partial charge in [0, 0.05) is 24.5 Å². The topological polar surface area (TPSA) is 53.4 Å². The molecule has 1 aromatic heterocycles. The van der Waals surface area contributed by atoms with Gasteiger partial charge in [-0.05, 0) is 42.8 Å². The Balaban J connectivity index is 2.18. The summed E-state index contributed by atoms with van der Waals surface area (Å²) in [6.07, 6.45) is 3.67. The number of hydrogen-bond donors (Lipinski definition) is 1. The van der Waals surface area contributed by atoms with Gasteiger partial charge < -0.3 is 5.11 Å². The molecule has 1 N–H and O–H groups in total. The van der Waals surface area contributed by atoms with Crippen molar-refractivity contribution < 1.29 is 9.90 Å². The van der Waals surface area contributed by atoms with Crippen molar-refractivity contribution in [3.8, 4) is 11.1 Å². The van der Waals surface area contributed by atoms with Gasteiger partial charge in [-0.25, -0.2) is 0 Å². The molecule has 0 aliphatic heterocycles. The minimum absolute atomic E-state index is 0.0379. The Morgan fingerprint density at radius 3 is 2.75 bits per heavy atom. The van der Waals surface area contributed by atoms with Crippen LogP contribution >= 0.6 is 0 Å². The monoisotopic (exact) mass is 270 g/mol. The molecule has 0 aliphatic rings. The number of carboxylic acids is 1. The Bertz CT molecular complexity index is 611. The second-order valence-electron chi connectivity index (χ2n) is 5.02. The van der Waals surface area contributed by atoms with Crippen LogP contribution in [-0.2, 0) is 11.3 Å². The number of aromatic nitrogens is 1. The number of likely N-dealkylation sites (N-methyl/N-ethyl adjacent to an activating group) is 1. The highest BCUT2D eigenvalue weighted by Gasteiger charge is 2.06. The molecule has 20 heavy (non-hydrogen) atoms. The largest absolute Gasteiger partial charge is 0.480 e. The first kappa shape index (κ1) is 14.2. The summed E-state index contributed by atoms with van der Waals surface area (Å²) in [5.41, 5.74) is 4.39. The van der Waals surface area contributed by atoms with Gasteiger partial charge >= 0.3 is 5.97 Å². The van der Waals surface area contributed by atoms with E-state index in [1.54, 1.807) is 11.9 Å². The lowest BCUT2D eigenvalue weighted by molar-refractivity contribution is -0.138. The van der Waals surface area contributed by atoms with Crippen molar-refractivity contribution in [1.29, 1.82) is 0 Å². The summed E-state index contributed by atoms with van der Waals surface area (Å²) in [4.78, 5) is 16.7. The first-order chi connectivity index (χ1) is 9.54.